The standard InChI is InChI=1S/C24H25N3O2/c1-16(2)23(24-25-19-10-6-7-11-20(19)26-24)27-22(28)15-13-18-12-14-21(29-18)17-8-4-3-5-9-17/h3-12,14,16,23H,13,15H2,1-2H3,(H,25,26)(H,27,28)/t23-/m0/s1. The highest BCUT2D eigenvalue weighted by molar-refractivity contribution is 5.77. The second kappa shape index (κ2) is 8.35. The van der Waals surface area contributed by atoms with Crippen LogP contribution in [-0.2, 0) is 11.2 Å². The average molecular weight is 387 g/mol. The summed E-state index contributed by atoms with van der Waals surface area (Å²) in [5.41, 5.74) is 2.92. The normalized spacial score (nSPS) is 12.4. The number of fused-ring (bicyclic) bond motifs is 1. The van der Waals surface area contributed by atoms with Crippen LogP contribution in [0.2, 0.25) is 0 Å². The van der Waals surface area contributed by atoms with Gasteiger partial charge in [-0.05, 0) is 30.2 Å². The molecule has 0 saturated heterocycles. The SMILES string of the molecule is CC(C)[C@H](NC(=O)CCc1ccc(-c2ccccc2)o1)c1nc2ccccc2[nH]1. The van der Waals surface area contributed by atoms with Gasteiger partial charge in [-0.2, -0.15) is 0 Å². The zero-order valence-electron chi connectivity index (χ0n) is 16.7. The van der Waals surface area contributed by atoms with Crippen molar-refractivity contribution in [2.24, 2.45) is 5.92 Å². The van der Waals surface area contributed by atoms with Crippen molar-refractivity contribution in [3.05, 3.63) is 78.3 Å². The van der Waals surface area contributed by atoms with E-state index < -0.39 is 0 Å². The Labute approximate surface area is 170 Å². The molecule has 0 unspecified atom stereocenters. The molecule has 2 N–H and O–H groups in total. The van der Waals surface area contributed by atoms with Crippen LogP contribution in [0.3, 0.4) is 0 Å². The summed E-state index contributed by atoms with van der Waals surface area (Å²) in [5.74, 6) is 2.63. The smallest absolute Gasteiger partial charge is 0.221 e. The zero-order chi connectivity index (χ0) is 20.2. The van der Waals surface area contributed by atoms with Crippen molar-refractivity contribution in [3.8, 4) is 11.3 Å². The average Bonchev–Trinajstić information content (AvgIpc) is 3.38. The number of hydrogen-bond acceptors (Lipinski definition) is 3. The summed E-state index contributed by atoms with van der Waals surface area (Å²) in [4.78, 5) is 20.6. The molecule has 0 bridgehead atoms. The fraction of sp³-hybridized carbons (Fsp3) is 0.250. The van der Waals surface area contributed by atoms with E-state index in [1.165, 1.54) is 0 Å². The highest BCUT2D eigenvalue weighted by Gasteiger charge is 2.22. The Hall–Kier alpha value is -3.34. The Morgan fingerprint density at radius 2 is 1.79 bits per heavy atom. The van der Waals surface area contributed by atoms with Crippen molar-refractivity contribution in [1.29, 1.82) is 0 Å². The number of rotatable bonds is 7. The first-order chi connectivity index (χ1) is 14.1. The maximum absolute atomic E-state index is 12.6. The number of carbonyl (C=O) groups is 1. The molecule has 5 nitrogen and oxygen atoms in total. The largest absolute Gasteiger partial charge is 0.461 e. The lowest BCUT2D eigenvalue weighted by atomic mass is 10.0. The summed E-state index contributed by atoms with van der Waals surface area (Å²) in [6, 6.07) is 21.6. The van der Waals surface area contributed by atoms with Gasteiger partial charge in [0.1, 0.15) is 17.3 Å². The first-order valence-corrected chi connectivity index (χ1v) is 9.98. The number of nitrogens with zero attached hydrogens (tertiary/aromatic N) is 1. The molecule has 2 heterocycles. The van der Waals surface area contributed by atoms with Gasteiger partial charge >= 0.3 is 0 Å². The van der Waals surface area contributed by atoms with E-state index in [0.29, 0.717) is 12.8 Å². The zero-order valence-corrected chi connectivity index (χ0v) is 16.7. The molecule has 0 aliphatic heterocycles. The van der Waals surface area contributed by atoms with Gasteiger partial charge in [0.05, 0.1) is 17.1 Å². The third-order valence-corrected chi connectivity index (χ3v) is 5.00. The quantitative estimate of drug-likeness (QED) is 0.454. The number of aryl methyl sites for hydroxylation is 1. The molecule has 1 amide bonds. The molecular formula is C24H25N3O2. The minimum absolute atomic E-state index is 0.0122. The molecule has 148 valence electrons. The van der Waals surface area contributed by atoms with Gasteiger partial charge < -0.3 is 14.7 Å². The van der Waals surface area contributed by atoms with Crippen LogP contribution in [0.25, 0.3) is 22.4 Å². The molecule has 1 atom stereocenters. The van der Waals surface area contributed by atoms with Crippen molar-refractivity contribution in [1.82, 2.24) is 15.3 Å². The Balaban J connectivity index is 1.39. The topological polar surface area (TPSA) is 70.9 Å². The molecule has 2 aromatic carbocycles. The monoisotopic (exact) mass is 387 g/mol. The molecular weight excluding hydrogens is 362 g/mol. The Morgan fingerprint density at radius 1 is 1.03 bits per heavy atom. The molecule has 29 heavy (non-hydrogen) atoms. The second-order valence-electron chi connectivity index (χ2n) is 7.56. The maximum Gasteiger partial charge on any atom is 0.221 e. The minimum atomic E-state index is -0.161. The molecule has 4 rings (SSSR count). The number of carbonyl (C=O) groups excluding carboxylic acids is 1. The number of H-pyrrole nitrogens is 1. The van der Waals surface area contributed by atoms with E-state index in [4.69, 9.17) is 4.42 Å². The van der Waals surface area contributed by atoms with Gasteiger partial charge in [-0.3, -0.25) is 4.79 Å². The number of hydrogen-bond donors (Lipinski definition) is 2. The predicted octanol–water partition coefficient (Wildman–Crippen LogP) is 5.27. The summed E-state index contributed by atoms with van der Waals surface area (Å²) >= 11 is 0. The lowest BCUT2D eigenvalue weighted by Gasteiger charge is -2.20. The summed E-state index contributed by atoms with van der Waals surface area (Å²) in [7, 11) is 0. The number of aromatic nitrogens is 2. The van der Waals surface area contributed by atoms with E-state index >= 15 is 0 Å². The Morgan fingerprint density at radius 3 is 2.55 bits per heavy atom. The summed E-state index contributed by atoms with van der Waals surface area (Å²) < 4.78 is 5.90. The van der Waals surface area contributed by atoms with Crippen LogP contribution >= 0.6 is 0 Å². The maximum atomic E-state index is 12.6. The number of nitrogens with one attached hydrogen (secondary N) is 2. The van der Waals surface area contributed by atoms with E-state index in [0.717, 1.165) is 33.9 Å². The van der Waals surface area contributed by atoms with Crippen molar-refractivity contribution in [3.63, 3.8) is 0 Å². The second-order valence-corrected chi connectivity index (χ2v) is 7.56. The number of aromatic amines is 1. The van der Waals surface area contributed by atoms with Crippen molar-refractivity contribution in [2.45, 2.75) is 32.7 Å². The lowest BCUT2D eigenvalue weighted by molar-refractivity contribution is -0.122. The number of furan rings is 1. The number of amides is 1. The predicted molar refractivity (Wildman–Crippen MR) is 114 cm³/mol. The first kappa shape index (κ1) is 19.0. The van der Waals surface area contributed by atoms with Crippen molar-refractivity contribution < 1.29 is 9.21 Å². The minimum Gasteiger partial charge on any atom is -0.461 e. The third kappa shape index (κ3) is 4.40. The van der Waals surface area contributed by atoms with Gasteiger partial charge in [-0.1, -0.05) is 56.3 Å². The first-order valence-electron chi connectivity index (χ1n) is 9.98. The molecule has 0 saturated carbocycles. The summed E-state index contributed by atoms with van der Waals surface area (Å²) in [6.07, 6.45) is 0.925. The van der Waals surface area contributed by atoms with Gasteiger partial charge in [0.25, 0.3) is 0 Å². The molecule has 0 aliphatic carbocycles. The van der Waals surface area contributed by atoms with Gasteiger partial charge in [0, 0.05) is 18.4 Å². The summed E-state index contributed by atoms with van der Waals surface area (Å²) in [5, 5.41) is 3.13. The van der Waals surface area contributed by atoms with Crippen molar-refractivity contribution >= 4 is 16.9 Å². The van der Waals surface area contributed by atoms with Crippen LogP contribution in [-0.4, -0.2) is 15.9 Å². The highest BCUT2D eigenvalue weighted by atomic mass is 16.3. The highest BCUT2D eigenvalue weighted by Crippen LogP contribution is 2.24. The van der Waals surface area contributed by atoms with Crippen LogP contribution in [0.1, 0.15) is 37.9 Å². The number of para-hydroxylation sites is 2. The molecule has 0 fully saturated rings. The Bertz CT molecular complexity index is 1060. The molecule has 0 radical (unpaired) electrons. The van der Waals surface area contributed by atoms with Crippen LogP contribution in [0.4, 0.5) is 0 Å². The van der Waals surface area contributed by atoms with E-state index in [9.17, 15) is 4.79 Å². The molecule has 2 aromatic heterocycles. The van der Waals surface area contributed by atoms with Gasteiger partial charge in [0.2, 0.25) is 5.91 Å². The molecule has 5 heteroatoms. The van der Waals surface area contributed by atoms with E-state index in [-0.39, 0.29) is 17.9 Å². The van der Waals surface area contributed by atoms with Gasteiger partial charge in [0.15, 0.2) is 0 Å². The van der Waals surface area contributed by atoms with Crippen molar-refractivity contribution in [2.75, 3.05) is 0 Å². The van der Waals surface area contributed by atoms with Gasteiger partial charge in [-0.25, -0.2) is 4.98 Å². The van der Waals surface area contributed by atoms with E-state index in [1.54, 1.807) is 0 Å². The number of benzene rings is 2. The molecule has 0 aliphatic rings. The third-order valence-electron chi connectivity index (χ3n) is 5.00. The van der Waals surface area contributed by atoms with Crippen LogP contribution < -0.4 is 5.32 Å². The van der Waals surface area contributed by atoms with E-state index in [1.807, 2.05) is 66.7 Å². The number of imidazole rings is 1. The van der Waals surface area contributed by atoms with Gasteiger partial charge in [-0.15, -0.1) is 0 Å². The lowest BCUT2D eigenvalue weighted by Crippen LogP contribution is -2.32. The summed E-state index contributed by atoms with van der Waals surface area (Å²) in [6.45, 7) is 4.16. The van der Waals surface area contributed by atoms with E-state index in [2.05, 4.69) is 29.1 Å². The molecule has 4 aromatic rings. The van der Waals surface area contributed by atoms with Crippen LogP contribution in [0.5, 0.6) is 0 Å². The fourth-order valence-electron chi connectivity index (χ4n) is 3.42. The van der Waals surface area contributed by atoms with Crippen LogP contribution in [0.15, 0.2) is 71.1 Å². The fourth-order valence-corrected chi connectivity index (χ4v) is 3.42. The van der Waals surface area contributed by atoms with Crippen LogP contribution in [0, 0.1) is 5.92 Å². The molecule has 0 spiro atoms. The Kier molecular flexibility index (Phi) is 5.47.